The molecule has 0 rings (SSSR count). The largest absolute Gasteiger partial charge is 0.396 e. The molecular weight excluding hydrogens is 208 g/mol. The van der Waals surface area contributed by atoms with Crippen LogP contribution in [0.5, 0.6) is 0 Å². The Kier molecular flexibility index (Phi) is 14.4. The van der Waals surface area contributed by atoms with Crippen LogP contribution >= 0.6 is 0 Å². The number of aliphatic hydroxyl groups is 1. The molecule has 0 aliphatic heterocycles. The molecule has 0 aliphatic rings. The Morgan fingerprint density at radius 2 is 1.29 bits per heavy atom. The smallest absolute Gasteiger partial charge is 0.0465 e. The van der Waals surface area contributed by atoms with E-state index in [1.807, 2.05) is 12.2 Å². The van der Waals surface area contributed by atoms with Crippen molar-refractivity contribution in [3.05, 3.63) is 36.5 Å². The fraction of sp³-hybridized carbons (Fsp3) is 0.625. The molecule has 0 aromatic rings. The van der Waals surface area contributed by atoms with Crippen LogP contribution in [-0.2, 0) is 0 Å². The maximum atomic E-state index is 8.56. The predicted molar refractivity (Wildman–Crippen MR) is 77.1 cm³/mol. The molecule has 0 saturated carbocycles. The van der Waals surface area contributed by atoms with Crippen LogP contribution in [0.15, 0.2) is 36.5 Å². The minimum absolute atomic E-state index is 0.243. The second kappa shape index (κ2) is 15.2. The quantitative estimate of drug-likeness (QED) is 0.311. The Labute approximate surface area is 107 Å². The SMILES string of the molecule is CCCCC/C=C/CCC/C=C/C=C/CCO. The molecule has 1 nitrogen and oxygen atoms in total. The number of aliphatic hydroxyl groups excluding tert-OH is 1. The maximum absolute atomic E-state index is 8.56. The van der Waals surface area contributed by atoms with Crippen molar-refractivity contribution in [3.8, 4) is 0 Å². The van der Waals surface area contributed by atoms with Crippen LogP contribution in [0.3, 0.4) is 0 Å². The summed E-state index contributed by atoms with van der Waals surface area (Å²) in [5, 5.41) is 8.56. The summed E-state index contributed by atoms with van der Waals surface area (Å²) < 4.78 is 0. The monoisotopic (exact) mass is 236 g/mol. The average Bonchev–Trinajstić information content (AvgIpc) is 2.35. The summed E-state index contributed by atoms with van der Waals surface area (Å²) in [6, 6.07) is 0. The van der Waals surface area contributed by atoms with Crippen LogP contribution in [-0.4, -0.2) is 11.7 Å². The summed E-state index contributed by atoms with van der Waals surface area (Å²) in [4.78, 5) is 0. The highest BCUT2D eigenvalue weighted by Gasteiger charge is 1.82. The Balaban J connectivity index is 3.22. The standard InChI is InChI=1S/C16H28O/c1-2-3-4-5-6-7-8-9-10-11-12-13-14-15-16-17/h6-7,11-14,17H,2-5,8-10,15-16H2,1H3/b7-6+,12-11+,14-13+. The van der Waals surface area contributed by atoms with Crippen LogP contribution < -0.4 is 0 Å². The fourth-order valence-corrected chi connectivity index (χ4v) is 1.53. The van der Waals surface area contributed by atoms with Gasteiger partial charge in [0, 0.05) is 6.61 Å². The summed E-state index contributed by atoms with van der Waals surface area (Å²) >= 11 is 0. The van der Waals surface area contributed by atoms with Gasteiger partial charge in [-0.25, -0.2) is 0 Å². The van der Waals surface area contributed by atoms with E-state index in [0.29, 0.717) is 0 Å². The molecule has 17 heavy (non-hydrogen) atoms. The molecule has 1 heteroatoms. The van der Waals surface area contributed by atoms with Gasteiger partial charge in [0.15, 0.2) is 0 Å². The highest BCUT2D eigenvalue weighted by atomic mass is 16.2. The van der Waals surface area contributed by atoms with E-state index in [0.717, 1.165) is 12.8 Å². The average molecular weight is 236 g/mol. The highest BCUT2D eigenvalue weighted by molar-refractivity contribution is 5.02. The first-order chi connectivity index (χ1) is 8.41. The lowest BCUT2D eigenvalue weighted by Crippen LogP contribution is -1.74. The van der Waals surface area contributed by atoms with E-state index in [-0.39, 0.29) is 6.61 Å². The van der Waals surface area contributed by atoms with Crippen molar-refractivity contribution in [2.24, 2.45) is 0 Å². The molecule has 0 unspecified atom stereocenters. The third kappa shape index (κ3) is 15.2. The first kappa shape index (κ1) is 16.2. The zero-order chi connectivity index (χ0) is 12.6. The molecule has 0 heterocycles. The maximum Gasteiger partial charge on any atom is 0.0465 e. The van der Waals surface area contributed by atoms with Gasteiger partial charge >= 0.3 is 0 Å². The number of hydrogen-bond donors (Lipinski definition) is 1. The van der Waals surface area contributed by atoms with Crippen molar-refractivity contribution in [1.82, 2.24) is 0 Å². The number of unbranched alkanes of at least 4 members (excludes halogenated alkanes) is 5. The molecule has 0 aromatic heterocycles. The summed E-state index contributed by atoms with van der Waals surface area (Å²) in [5.74, 6) is 0. The van der Waals surface area contributed by atoms with Gasteiger partial charge in [0.25, 0.3) is 0 Å². The highest BCUT2D eigenvalue weighted by Crippen LogP contribution is 2.02. The van der Waals surface area contributed by atoms with Gasteiger partial charge in [-0.05, 0) is 38.5 Å². The van der Waals surface area contributed by atoms with Gasteiger partial charge in [-0.1, -0.05) is 56.2 Å². The molecule has 0 atom stereocenters. The Morgan fingerprint density at radius 1 is 0.706 bits per heavy atom. The summed E-state index contributed by atoms with van der Waals surface area (Å²) in [5.41, 5.74) is 0. The zero-order valence-corrected chi connectivity index (χ0v) is 11.3. The van der Waals surface area contributed by atoms with Crippen LogP contribution in [0.2, 0.25) is 0 Å². The molecular formula is C16H28O. The number of rotatable bonds is 11. The van der Waals surface area contributed by atoms with Gasteiger partial charge in [-0.15, -0.1) is 0 Å². The second-order valence-corrected chi connectivity index (χ2v) is 4.27. The molecule has 0 aliphatic carbocycles. The van der Waals surface area contributed by atoms with Gasteiger partial charge in [0.1, 0.15) is 0 Å². The van der Waals surface area contributed by atoms with Crippen LogP contribution in [0.4, 0.5) is 0 Å². The van der Waals surface area contributed by atoms with E-state index in [2.05, 4.69) is 31.2 Å². The van der Waals surface area contributed by atoms with E-state index >= 15 is 0 Å². The van der Waals surface area contributed by atoms with Crippen molar-refractivity contribution in [3.63, 3.8) is 0 Å². The van der Waals surface area contributed by atoms with Crippen molar-refractivity contribution in [1.29, 1.82) is 0 Å². The van der Waals surface area contributed by atoms with Crippen molar-refractivity contribution >= 4 is 0 Å². The Morgan fingerprint density at radius 3 is 1.94 bits per heavy atom. The number of hydrogen-bond acceptors (Lipinski definition) is 1. The van der Waals surface area contributed by atoms with E-state index in [4.69, 9.17) is 5.11 Å². The van der Waals surface area contributed by atoms with Gasteiger partial charge < -0.3 is 5.11 Å². The van der Waals surface area contributed by atoms with Crippen molar-refractivity contribution in [2.45, 2.75) is 58.3 Å². The minimum atomic E-state index is 0.243. The van der Waals surface area contributed by atoms with E-state index in [1.165, 1.54) is 38.5 Å². The lowest BCUT2D eigenvalue weighted by atomic mass is 10.1. The molecule has 0 fully saturated rings. The molecule has 0 bridgehead atoms. The topological polar surface area (TPSA) is 20.2 Å². The molecule has 0 amide bonds. The predicted octanol–water partition coefficient (Wildman–Crippen LogP) is 4.79. The molecule has 0 spiro atoms. The fourth-order valence-electron chi connectivity index (χ4n) is 1.53. The first-order valence-electron chi connectivity index (χ1n) is 6.99. The van der Waals surface area contributed by atoms with Crippen molar-refractivity contribution in [2.75, 3.05) is 6.61 Å². The van der Waals surface area contributed by atoms with E-state index in [1.54, 1.807) is 0 Å². The van der Waals surface area contributed by atoms with Crippen LogP contribution in [0, 0.1) is 0 Å². The molecule has 98 valence electrons. The molecule has 0 aromatic carbocycles. The van der Waals surface area contributed by atoms with Gasteiger partial charge in [0.2, 0.25) is 0 Å². The Hall–Kier alpha value is -0.820. The minimum Gasteiger partial charge on any atom is -0.396 e. The lowest BCUT2D eigenvalue weighted by molar-refractivity contribution is 0.302. The molecule has 1 N–H and O–H groups in total. The Bertz CT molecular complexity index is 214. The summed E-state index contributed by atoms with van der Waals surface area (Å²) in [6.07, 6.45) is 22.5. The molecule has 0 radical (unpaired) electrons. The third-order valence-corrected chi connectivity index (χ3v) is 2.56. The third-order valence-electron chi connectivity index (χ3n) is 2.56. The molecule has 0 saturated heterocycles. The number of allylic oxidation sites excluding steroid dienone is 5. The normalized spacial score (nSPS) is 12.4. The first-order valence-corrected chi connectivity index (χ1v) is 6.99. The van der Waals surface area contributed by atoms with Crippen LogP contribution in [0.25, 0.3) is 0 Å². The summed E-state index contributed by atoms with van der Waals surface area (Å²) in [6.45, 7) is 2.48. The van der Waals surface area contributed by atoms with E-state index in [9.17, 15) is 0 Å². The lowest BCUT2D eigenvalue weighted by Gasteiger charge is -1.92. The summed E-state index contributed by atoms with van der Waals surface area (Å²) in [7, 11) is 0. The van der Waals surface area contributed by atoms with Crippen molar-refractivity contribution < 1.29 is 5.11 Å². The van der Waals surface area contributed by atoms with Gasteiger partial charge in [-0.3, -0.25) is 0 Å². The van der Waals surface area contributed by atoms with E-state index < -0.39 is 0 Å². The zero-order valence-electron chi connectivity index (χ0n) is 11.3. The second-order valence-electron chi connectivity index (χ2n) is 4.27. The van der Waals surface area contributed by atoms with Crippen LogP contribution in [0.1, 0.15) is 58.3 Å². The van der Waals surface area contributed by atoms with Gasteiger partial charge in [-0.2, -0.15) is 0 Å². The van der Waals surface area contributed by atoms with Gasteiger partial charge in [0.05, 0.1) is 0 Å².